The molecule has 0 spiro atoms. The number of rotatable bonds is 8. The van der Waals surface area contributed by atoms with Gasteiger partial charge in [-0.2, -0.15) is 5.26 Å². The Morgan fingerprint density at radius 2 is 1.90 bits per heavy atom. The number of anilines is 2. The van der Waals surface area contributed by atoms with Gasteiger partial charge in [0.1, 0.15) is 11.5 Å². The summed E-state index contributed by atoms with van der Waals surface area (Å²) in [6, 6.07) is 8.11. The van der Waals surface area contributed by atoms with E-state index in [1.54, 1.807) is 0 Å². The number of hydrogen-bond donors (Lipinski definition) is 3. The second kappa shape index (κ2) is 10.6. The van der Waals surface area contributed by atoms with Crippen LogP contribution in [-0.2, 0) is 11.3 Å². The molecule has 0 saturated carbocycles. The fourth-order valence-electron chi connectivity index (χ4n) is 3.34. The van der Waals surface area contributed by atoms with Crippen LogP contribution in [0.4, 0.5) is 11.5 Å². The van der Waals surface area contributed by atoms with Gasteiger partial charge in [-0.1, -0.05) is 6.92 Å². The Morgan fingerprint density at radius 3 is 2.55 bits per heavy atom. The molecule has 2 aromatic rings. The Labute approximate surface area is 179 Å². The molecule has 1 aliphatic heterocycles. The third-order valence-electron chi connectivity index (χ3n) is 4.99. The molecule has 0 unspecified atom stereocenters. The van der Waals surface area contributed by atoms with E-state index in [1.807, 2.05) is 13.0 Å². The van der Waals surface area contributed by atoms with Gasteiger partial charge >= 0.3 is 5.69 Å². The van der Waals surface area contributed by atoms with Crippen molar-refractivity contribution < 1.29 is 9.53 Å². The van der Waals surface area contributed by atoms with Crippen LogP contribution in [0.3, 0.4) is 0 Å². The zero-order valence-corrected chi connectivity index (χ0v) is 17.4. The number of H-pyrrole nitrogens is 1. The third kappa shape index (κ3) is 5.59. The van der Waals surface area contributed by atoms with Crippen molar-refractivity contribution in [2.75, 3.05) is 50.0 Å². The minimum atomic E-state index is -0.588. The van der Waals surface area contributed by atoms with E-state index in [-0.39, 0.29) is 11.5 Å². The van der Waals surface area contributed by atoms with E-state index >= 15 is 0 Å². The van der Waals surface area contributed by atoms with Crippen LogP contribution in [0.1, 0.15) is 29.3 Å². The largest absolute Gasteiger partial charge is 0.379 e. The maximum Gasteiger partial charge on any atom is 0.330 e. The van der Waals surface area contributed by atoms with Gasteiger partial charge in [0.2, 0.25) is 0 Å². The molecule has 164 valence electrons. The predicted octanol–water partition coefficient (Wildman–Crippen LogP) is 0.815. The fourth-order valence-corrected chi connectivity index (χ4v) is 3.34. The molecule has 3 rings (SSSR count). The molecular formula is C21H26N6O4. The topological polar surface area (TPSA) is 132 Å². The second-order valence-corrected chi connectivity index (χ2v) is 7.16. The Kier molecular flexibility index (Phi) is 7.59. The number of ether oxygens (including phenoxy) is 1. The van der Waals surface area contributed by atoms with Gasteiger partial charge in [-0.3, -0.25) is 24.0 Å². The lowest BCUT2D eigenvalue weighted by molar-refractivity contribution is 0.0398. The normalized spacial score (nSPS) is 14.1. The smallest absolute Gasteiger partial charge is 0.330 e. The number of nitriles is 1. The molecule has 3 N–H and O–H groups in total. The summed E-state index contributed by atoms with van der Waals surface area (Å²) in [5.41, 5.74) is -0.284. The molecule has 31 heavy (non-hydrogen) atoms. The summed E-state index contributed by atoms with van der Waals surface area (Å²) in [6.07, 6.45) is 0.638. The molecule has 0 bridgehead atoms. The highest BCUT2D eigenvalue weighted by molar-refractivity contribution is 6.05. The molecule has 0 aliphatic carbocycles. The molecule has 2 heterocycles. The number of nitrogens with one attached hydrogen (secondary N) is 3. The summed E-state index contributed by atoms with van der Waals surface area (Å²) in [5.74, 6) is -0.345. The van der Waals surface area contributed by atoms with Crippen molar-refractivity contribution in [3.8, 4) is 6.07 Å². The van der Waals surface area contributed by atoms with E-state index < -0.39 is 17.2 Å². The molecule has 0 atom stereocenters. The van der Waals surface area contributed by atoms with Crippen molar-refractivity contribution in [3.05, 3.63) is 56.2 Å². The average Bonchev–Trinajstić information content (AvgIpc) is 2.79. The van der Waals surface area contributed by atoms with E-state index in [2.05, 4.69) is 20.5 Å². The minimum Gasteiger partial charge on any atom is -0.379 e. The van der Waals surface area contributed by atoms with Crippen molar-refractivity contribution in [3.63, 3.8) is 0 Å². The highest BCUT2D eigenvalue weighted by Gasteiger charge is 2.18. The molecule has 1 aromatic carbocycles. The van der Waals surface area contributed by atoms with Crippen molar-refractivity contribution in [1.82, 2.24) is 14.5 Å². The van der Waals surface area contributed by atoms with Crippen molar-refractivity contribution >= 4 is 17.4 Å². The lowest BCUT2D eigenvalue weighted by Crippen LogP contribution is -2.40. The number of aromatic amines is 1. The maximum absolute atomic E-state index is 12.8. The number of amides is 1. The summed E-state index contributed by atoms with van der Waals surface area (Å²) in [4.78, 5) is 42.3. The lowest BCUT2D eigenvalue weighted by Gasteiger charge is -2.26. The molecule has 1 saturated heterocycles. The molecule has 0 radical (unpaired) electrons. The van der Waals surface area contributed by atoms with Crippen LogP contribution < -0.4 is 21.9 Å². The number of hydrogen-bond acceptors (Lipinski definition) is 7. The first-order chi connectivity index (χ1) is 15.0. The number of morpholine rings is 1. The first-order valence-corrected chi connectivity index (χ1v) is 10.3. The fraction of sp³-hybridized carbons (Fsp3) is 0.429. The first-order valence-electron chi connectivity index (χ1n) is 10.3. The quantitative estimate of drug-likeness (QED) is 0.569. The zero-order valence-electron chi connectivity index (χ0n) is 17.4. The van der Waals surface area contributed by atoms with E-state index in [0.717, 1.165) is 13.1 Å². The summed E-state index contributed by atoms with van der Waals surface area (Å²) in [6.45, 7) is 6.37. The summed E-state index contributed by atoms with van der Waals surface area (Å²) in [5, 5.41) is 14.7. The third-order valence-corrected chi connectivity index (χ3v) is 4.99. The van der Waals surface area contributed by atoms with Crippen molar-refractivity contribution in [2.45, 2.75) is 19.9 Å². The highest BCUT2D eigenvalue weighted by Crippen LogP contribution is 2.17. The van der Waals surface area contributed by atoms with Gasteiger partial charge in [-0.25, -0.2) is 4.79 Å². The minimum absolute atomic E-state index is 0.131. The van der Waals surface area contributed by atoms with Gasteiger partial charge in [-0.15, -0.1) is 0 Å². The van der Waals surface area contributed by atoms with Gasteiger partial charge in [0.25, 0.3) is 11.5 Å². The van der Waals surface area contributed by atoms with Crippen LogP contribution in [0.15, 0.2) is 33.9 Å². The summed E-state index contributed by atoms with van der Waals surface area (Å²) >= 11 is 0. The van der Waals surface area contributed by atoms with Crippen LogP contribution in [0.25, 0.3) is 0 Å². The van der Waals surface area contributed by atoms with E-state index in [1.165, 1.54) is 28.8 Å². The number of benzene rings is 1. The number of aromatic nitrogens is 2. The average molecular weight is 426 g/mol. The van der Waals surface area contributed by atoms with Crippen LogP contribution in [0.5, 0.6) is 0 Å². The van der Waals surface area contributed by atoms with Crippen LogP contribution in [0, 0.1) is 11.3 Å². The van der Waals surface area contributed by atoms with Crippen LogP contribution >= 0.6 is 0 Å². The molecule has 10 nitrogen and oxygen atoms in total. The van der Waals surface area contributed by atoms with Gasteiger partial charge < -0.3 is 15.4 Å². The Bertz CT molecular complexity index is 1060. The Morgan fingerprint density at radius 1 is 1.19 bits per heavy atom. The highest BCUT2D eigenvalue weighted by atomic mass is 16.5. The van der Waals surface area contributed by atoms with Gasteiger partial charge in [-0.05, 0) is 30.7 Å². The van der Waals surface area contributed by atoms with Gasteiger partial charge in [0, 0.05) is 38.3 Å². The Hall–Kier alpha value is -3.42. The molecule has 10 heteroatoms. The van der Waals surface area contributed by atoms with E-state index in [0.29, 0.717) is 50.4 Å². The van der Waals surface area contributed by atoms with Crippen molar-refractivity contribution in [1.29, 1.82) is 5.26 Å². The summed E-state index contributed by atoms with van der Waals surface area (Å²) < 4.78 is 6.69. The molecule has 1 aromatic heterocycles. The molecule has 1 amide bonds. The number of carbonyl (C=O) groups excluding carboxylic acids is 1. The zero-order chi connectivity index (χ0) is 22.2. The molecule has 1 aliphatic rings. The summed E-state index contributed by atoms with van der Waals surface area (Å²) in [7, 11) is 0. The van der Waals surface area contributed by atoms with Crippen molar-refractivity contribution in [2.24, 2.45) is 0 Å². The van der Waals surface area contributed by atoms with Gasteiger partial charge in [0.15, 0.2) is 0 Å². The number of nitrogens with zero attached hydrogens (tertiary/aromatic N) is 3. The van der Waals surface area contributed by atoms with E-state index in [4.69, 9.17) is 10.00 Å². The van der Waals surface area contributed by atoms with E-state index in [9.17, 15) is 14.4 Å². The first kappa shape index (κ1) is 22.3. The number of carbonyl (C=O) groups is 1. The van der Waals surface area contributed by atoms with Crippen LogP contribution in [0.2, 0.25) is 0 Å². The standard InChI is InChI=1S/C21H26N6O4/c1-2-8-27-18(24-19(28)16-5-3-15(14-22)4-6-16)17(20(29)25-21(27)30)23-7-9-26-10-12-31-13-11-26/h3-6,23H,2,7-13H2,1H3,(H,24,28)(H,25,29,30). The lowest BCUT2D eigenvalue weighted by atomic mass is 10.1. The Balaban J connectivity index is 1.85. The monoisotopic (exact) mass is 426 g/mol. The SMILES string of the molecule is CCCn1c(NC(=O)c2ccc(C#N)cc2)c(NCCN2CCOCC2)c(=O)[nH]c1=O. The van der Waals surface area contributed by atoms with Gasteiger partial charge in [0.05, 0.1) is 24.8 Å². The predicted molar refractivity (Wildman–Crippen MR) is 116 cm³/mol. The molecule has 1 fully saturated rings. The van der Waals surface area contributed by atoms with Crippen LogP contribution in [-0.4, -0.2) is 59.8 Å². The maximum atomic E-state index is 12.8. The second-order valence-electron chi connectivity index (χ2n) is 7.16. The molecular weight excluding hydrogens is 400 g/mol.